The number of aromatic nitrogens is 3. The lowest BCUT2D eigenvalue weighted by Crippen LogP contribution is -2.23. The largest absolute Gasteiger partial charge is 0.343 e. The highest BCUT2D eigenvalue weighted by Gasteiger charge is 2.10. The molecule has 19 heavy (non-hydrogen) atoms. The molecule has 0 saturated carbocycles. The minimum Gasteiger partial charge on any atom is -0.343 e. The molecule has 1 N–H and O–H groups in total. The SMILES string of the molecule is CCc1cc(C(=O)NCc2nc(C)no2)cc(Cl)n1. The highest BCUT2D eigenvalue weighted by Crippen LogP contribution is 2.11. The fourth-order valence-electron chi connectivity index (χ4n) is 1.53. The van der Waals surface area contributed by atoms with Crippen LogP contribution in [0.4, 0.5) is 0 Å². The minimum absolute atomic E-state index is 0.182. The third kappa shape index (κ3) is 3.51. The quantitative estimate of drug-likeness (QED) is 0.865. The second kappa shape index (κ2) is 5.79. The van der Waals surface area contributed by atoms with Gasteiger partial charge in [-0.15, -0.1) is 0 Å². The molecule has 2 aromatic heterocycles. The Morgan fingerprint density at radius 1 is 1.42 bits per heavy atom. The van der Waals surface area contributed by atoms with E-state index < -0.39 is 0 Å². The number of nitrogens with one attached hydrogen (secondary N) is 1. The summed E-state index contributed by atoms with van der Waals surface area (Å²) in [5, 5.41) is 6.63. The van der Waals surface area contributed by atoms with E-state index in [1.54, 1.807) is 13.0 Å². The summed E-state index contributed by atoms with van der Waals surface area (Å²) in [5.74, 6) is 0.640. The summed E-state index contributed by atoms with van der Waals surface area (Å²) < 4.78 is 4.90. The Morgan fingerprint density at radius 3 is 2.84 bits per heavy atom. The number of hydrogen-bond donors (Lipinski definition) is 1. The van der Waals surface area contributed by atoms with E-state index in [0.717, 1.165) is 5.69 Å². The van der Waals surface area contributed by atoms with E-state index in [-0.39, 0.29) is 12.5 Å². The second-order valence-electron chi connectivity index (χ2n) is 3.94. The summed E-state index contributed by atoms with van der Waals surface area (Å²) in [7, 11) is 0. The number of hydrogen-bond acceptors (Lipinski definition) is 5. The van der Waals surface area contributed by atoms with Gasteiger partial charge < -0.3 is 9.84 Å². The Labute approximate surface area is 115 Å². The van der Waals surface area contributed by atoms with Crippen molar-refractivity contribution in [2.24, 2.45) is 0 Å². The van der Waals surface area contributed by atoms with Gasteiger partial charge in [-0.1, -0.05) is 23.7 Å². The second-order valence-corrected chi connectivity index (χ2v) is 4.33. The van der Waals surface area contributed by atoms with Crippen LogP contribution in [-0.4, -0.2) is 21.0 Å². The number of amides is 1. The molecule has 2 heterocycles. The van der Waals surface area contributed by atoms with Crippen LogP contribution < -0.4 is 5.32 Å². The first-order valence-corrected chi connectivity index (χ1v) is 6.20. The normalized spacial score (nSPS) is 10.5. The highest BCUT2D eigenvalue weighted by atomic mass is 35.5. The van der Waals surface area contributed by atoms with Crippen molar-refractivity contribution in [3.05, 3.63) is 40.3 Å². The van der Waals surface area contributed by atoms with Crippen LogP contribution in [-0.2, 0) is 13.0 Å². The molecular weight excluding hydrogens is 268 g/mol. The van der Waals surface area contributed by atoms with Gasteiger partial charge in [0, 0.05) is 11.3 Å². The van der Waals surface area contributed by atoms with Crippen LogP contribution in [0.3, 0.4) is 0 Å². The lowest BCUT2D eigenvalue weighted by molar-refractivity contribution is 0.0946. The standard InChI is InChI=1S/C12H13ClN4O2/c1-3-9-4-8(5-10(13)16-9)12(18)14-6-11-15-7(2)17-19-11/h4-5H,3,6H2,1-2H3,(H,14,18). The molecule has 0 aliphatic heterocycles. The Hall–Kier alpha value is -1.95. The summed E-state index contributed by atoms with van der Waals surface area (Å²) in [4.78, 5) is 20.1. The van der Waals surface area contributed by atoms with Crippen LogP contribution in [0, 0.1) is 6.92 Å². The van der Waals surface area contributed by atoms with Crippen molar-refractivity contribution in [3.63, 3.8) is 0 Å². The van der Waals surface area contributed by atoms with Crippen molar-refractivity contribution in [3.8, 4) is 0 Å². The predicted octanol–water partition coefficient (Wildman–Crippen LogP) is 1.92. The average molecular weight is 281 g/mol. The molecule has 2 aromatic rings. The van der Waals surface area contributed by atoms with Gasteiger partial charge in [0.1, 0.15) is 5.15 Å². The number of nitrogens with zero attached hydrogens (tertiary/aromatic N) is 3. The van der Waals surface area contributed by atoms with Crippen LogP contribution in [0.5, 0.6) is 0 Å². The zero-order valence-corrected chi connectivity index (χ0v) is 11.4. The first-order chi connectivity index (χ1) is 9.08. The summed E-state index contributed by atoms with van der Waals surface area (Å²) in [6, 6.07) is 3.23. The molecule has 0 aromatic carbocycles. The first kappa shape index (κ1) is 13.5. The van der Waals surface area contributed by atoms with Crippen LogP contribution >= 0.6 is 11.6 Å². The van der Waals surface area contributed by atoms with Crippen LogP contribution in [0.25, 0.3) is 0 Å². The zero-order valence-electron chi connectivity index (χ0n) is 10.6. The van der Waals surface area contributed by atoms with Gasteiger partial charge in [-0.25, -0.2) is 4.98 Å². The van der Waals surface area contributed by atoms with Gasteiger partial charge in [0.15, 0.2) is 5.82 Å². The Morgan fingerprint density at radius 2 is 2.21 bits per heavy atom. The molecule has 0 radical (unpaired) electrons. The predicted molar refractivity (Wildman–Crippen MR) is 68.8 cm³/mol. The first-order valence-electron chi connectivity index (χ1n) is 5.82. The molecule has 6 nitrogen and oxygen atoms in total. The van der Waals surface area contributed by atoms with E-state index in [1.807, 2.05) is 6.92 Å². The molecule has 0 atom stereocenters. The van der Waals surface area contributed by atoms with Gasteiger partial charge in [-0.05, 0) is 25.5 Å². The number of halogens is 1. The number of carbonyl (C=O) groups excluding carboxylic acids is 1. The molecule has 0 spiro atoms. The third-order valence-corrected chi connectivity index (χ3v) is 2.63. The summed E-state index contributed by atoms with van der Waals surface area (Å²) in [6.45, 7) is 3.84. The van der Waals surface area contributed by atoms with Crippen molar-refractivity contribution < 1.29 is 9.32 Å². The summed E-state index contributed by atoms with van der Waals surface area (Å²) >= 11 is 5.86. The molecule has 0 fully saturated rings. The monoisotopic (exact) mass is 280 g/mol. The molecule has 7 heteroatoms. The maximum Gasteiger partial charge on any atom is 0.251 e. The molecule has 0 saturated heterocycles. The minimum atomic E-state index is -0.255. The maximum atomic E-state index is 12.0. The molecule has 1 amide bonds. The summed E-state index contributed by atoms with van der Waals surface area (Å²) in [5.41, 5.74) is 1.24. The highest BCUT2D eigenvalue weighted by molar-refractivity contribution is 6.29. The average Bonchev–Trinajstić information content (AvgIpc) is 2.81. The molecule has 0 aliphatic carbocycles. The Kier molecular flexibility index (Phi) is 4.11. The van der Waals surface area contributed by atoms with Crippen molar-refractivity contribution >= 4 is 17.5 Å². The van der Waals surface area contributed by atoms with Crippen LogP contribution in [0.15, 0.2) is 16.7 Å². The van der Waals surface area contributed by atoms with Crippen molar-refractivity contribution in [2.75, 3.05) is 0 Å². The molecule has 2 rings (SSSR count). The van der Waals surface area contributed by atoms with Gasteiger partial charge in [0.2, 0.25) is 5.89 Å². The molecule has 0 aliphatic rings. The topological polar surface area (TPSA) is 80.9 Å². The van der Waals surface area contributed by atoms with Gasteiger partial charge in [0.05, 0.1) is 6.54 Å². The molecule has 0 unspecified atom stereocenters. The van der Waals surface area contributed by atoms with Crippen molar-refractivity contribution in [1.29, 1.82) is 0 Å². The Balaban J connectivity index is 2.05. The van der Waals surface area contributed by atoms with Gasteiger partial charge >= 0.3 is 0 Å². The van der Waals surface area contributed by atoms with Gasteiger partial charge in [-0.2, -0.15) is 4.98 Å². The molecule has 100 valence electrons. The zero-order chi connectivity index (χ0) is 13.8. The van der Waals surface area contributed by atoms with E-state index in [9.17, 15) is 4.79 Å². The lowest BCUT2D eigenvalue weighted by atomic mass is 10.2. The number of carbonyl (C=O) groups is 1. The molecular formula is C12H13ClN4O2. The number of pyridine rings is 1. The molecule has 0 bridgehead atoms. The van der Waals surface area contributed by atoms with Gasteiger partial charge in [-0.3, -0.25) is 4.79 Å². The Bertz CT molecular complexity index is 597. The third-order valence-electron chi connectivity index (χ3n) is 2.44. The fraction of sp³-hybridized carbons (Fsp3) is 0.333. The maximum absolute atomic E-state index is 12.0. The van der Waals surface area contributed by atoms with E-state index in [1.165, 1.54) is 6.07 Å². The smallest absolute Gasteiger partial charge is 0.251 e. The number of rotatable bonds is 4. The fourth-order valence-corrected chi connectivity index (χ4v) is 1.76. The van der Waals surface area contributed by atoms with Crippen molar-refractivity contribution in [1.82, 2.24) is 20.4 Å². The van der Waals surface area contributed by atoms with Crippen LogP contribution in [0.1, 0.15) is 34.7 Å². The van der Waals surface area contributed by atoms with E-state index in [0.29, 0.717) is 28.9 Å². The van der Waals surface area contributed by atoms with E-state index in [2.05, 4.69) is 20.4 Å². The number of aryl methyl sites for hydroxylation is 2. The van der Waals surface area contributed by atoms with E-state index >= 15 is 0 Å². The lowest BCUT2D eigenvalue weighted by Gasteiger charge is -2.05. The van der Waals surface area contributed by atoms with Crippen molar-refractivity contribution in [2.45, 2.75) is 26.8 Å². The van der Waals surface area contributed by atoms with Gasteiger partial charge in [0.25, 0.3) is 5.91 Å². The van der Waals surface area contributed by atoms with Crippen LogP contribution in [0.2, 0.25) is 5.15 Å². The van der Waals surface area contributed by atoms with E-state index in [4.69, 9.17) is 16.1 Å². The summed E-state index contributed by atoms with van der Waals surface area (Å²) in [6.07, 6.45) is 0.712.